The Bertz CT molecular complexity index is 3120. The Morgan fingerprint density at radius 1 is 0.924 bits per heavy atom. The molecule has 0 aromatic carbocycles. The van der Waals surface area contributed by atoms with E-state index >= 15 is 0 Å². The second-order valence-electron chi connectivity index (χ2n) is 17.7. The van der Waals surface area contributed by atoms with Gasteiger partial charge in [-0.15, -0.1) is 0 Å². The number of ether oxygens (including phenoxy) is 1. The number of methoxy groups -OCH3 is 1. The van der Waals surface area contributed by atoms with E-state index in [9.17, 15) is 38.7 Å². The second-order valence-corrected chi connectivity index (χ2v) is 17.7. The number of aromatic nitrogens is 9. The number of carboxylic acid groups (broad SMARTS) is 1. The summed E-state index contributed by atoms with van der Waals surface area (Å²) in [5.41, 5.74) is 7.29. The maximum absolute atomic E-state index is 14.4. The number of carbonyl (C=O) groups excluding carboxylic acids is 5. The highest BCUT2D eigenvalue weighted by molar-refractivity contribution is 6.23. The van der Waals surface area contributed by atoms with Gasteiger partial charge in [0.2, 0.25) is 5.91 Å². The Hall–Kier alpha value is -7.18. The predicted octanol–water partition coefficient (Wildman–Crippen LogP) is 5.56. The first kappa shape index (κ1) is 45.4. The maximum Gasteiger partial charge on any atom is 0.352 e. The zero-order chi connectivity index (χ0) is 47.5. The van der Waals surface area contributed by atoms with E-state index in [4.69, 9.17) is 14.7 Å². The number of aromatic amines is 2. The number of fused-ring (bicyclic) bond motifs is 9. The van der Waals surface area contributed by atoms with Crippen molar-refractivity contribution in [1.82, 2.24) is 49.6 Å². The third-order valence-corrected chi connectivity index (χ3v) is 13.7. The average molecular weight is 901 g/mol. The van der Waals surface area contributed by atoms with Gasteiger partial charge in [0.25, 0.3) is 5.78 Å². The Kier molecular flexibility index (Phi) is 12.1. The molecule has 1 aliphatic carbocycles. The van der Waals surface area contributed by atoms with Crippen molar-refractivity contribution in [2.75, 3.05) is 13.7 Å². The van der Waals surface area contributed by atoms with Crippen LogP contribution in [0.15, 0.2) is 29.2 Å². The van der Waals surface area contributed by atoms with E-state index in [1.54, 1.807) is 0 Å². The van der Waals surface area contributed by atoms with Gasteiger partial charge in [0, 0.05) is 101 Å². The topological polar surface area (TPSA) is 266 Å². The molecule has 19 nitrogen and oxygen atoms in total. The minimum atomic E-state index is -1.29. The molecule has 0 radical (unpaired) electrons. The third kappa shape index (κ3) is 7.89. The number of H-pyrrole nitrogens is 2. The van der Waals surface area contributed by atoms with Crippen molar-refractivity contribution in [2.45, 2.75) is 110 Å². The van der Waals surface area contributed by atoms with Crippen molar-refractivity contribution in [1.29, 1.82) is 0 Å². The number of nitrogens with one attached hydrogen (secondary N) is 3. The summed E-state index contributed by atoms with van der Waals surface area (Å²) in [5.74, 6) is -6.43. The van der Waals surface area contributed by atoms with Crippen LogP contribution in [0.5, 0.6) is 0 Å². The van der Waals surface area contributed by atoms with Crippen LogP contribution >= 0.6 is 0 Å². The van der Waals surface area contributed by atoms with E-state index in [-0.39, 0.29) is 79.6 Å². The summed E-state index contributed by atoms with van der Waals surface area (Å²) in [7, 11) is 2.63. The number of rotatable bonds is 14. The van der Waals surface area contributed by atoms with Crippen molar-refractivity contribution in [2.24, 2.45) is 13.0 Å². The summed E-state index contributed by atoms with van der Waals surface area (Å²) in [6, 6.07) is 5.80. The molecule has 1 amide bonds. The Morgan fingerprint density at radius 3 is 2.30 bits per heavy atom. The van der Waals surface area contributed by atoms with E-state index < -0.39 is 46.9 Å². The summed E-state index contributed by atoms with van der Waals surface area (Å²) >= 11 is 0. The Labute approximate surface area is 377 Å². The van der Waals surface area contributed by atoms with Crippen LogP contribution in [-0.4, -0.2) is 98.3 Å². The summed E-state index contributed by atoms with van der Waals surface area (Å²) in [5, 5.41) is 20.2. The lowest BCUT2D eigenvalue weighted by molar-refractivity contribution is -0.142. The molecule has 0 saturated carbocycles. The van der Waals surface area contributed by atoms with Crippen molar-refractivity contribution in [3.63, 3.8) is 0 Å². The summed E-state index contributed by atoms with van der Waals surface area (Å²) in [6.07, 6.45) is 2.26. The molecule has 3 aliphatic rings. The fourth-order valence-corrected chi connectivity index (χ4v) is 9.94. The SMILES string of the molecule is CC[C@@H]1c2cc3[nH]c4c(c3C)C(=O)C(C(=O)OC)c4c3nc(cc4[nH]c(cc(n2)[C@H]1C)c(C(C)=O)c4C)[C@H](C)[C@H]3CCC(=O)NCCCC(CC(=O)c1cn2c(=O)n(C)nnc2n1)C(=O)O. The average Bonchev–Trinajstić information content (AvgIpc) is 4.11. The predicted molar refractivity (Wildman–Crippen MR) is 240 cm³/mol. The van der Waals surface area contributed by atoms with Crippen LogP contribution in [0.4, 0.5) is 0 Å². The van der Waals surface area contributed by atoms with E-state index in [1.807, 2.05) is 39.0 Å². The van der Waals surface area contributed by atoms with Crippen LogP contribution in [0.1, 0.15) is 166 Å². The van der Waals surface area contributed by atoms with Gasteiger partial charge in [-0.1, -0.05) is 31.1 Å². The number of esters is 1. The zero-order valence-corrected chi connectivity index (χ0v) is 38.1. The molecule has 6 atom stereocenters. The van der Waals surface area contributed by atoms with Gasteiger partial charge in [-0.2, -0.15) is 4.68 Å². The van der Waals surface area contributed by atoms with Crippen molar-refractivity contribution in [3.8, 4) is 0 Å². The van der Waals surface area contributed by atoms with Crippen LogP contribution in [0.25, 0.3) is 27.8 Å². The second kappa shape index (κ2) is 17.7. The molecule has 0 spiro atoms. The lowest BCUT2D eigenvalue weighted by Gasteiger charge is -2.19. The molecule has 5 aromatic rings. The minimum absolute atomic E-state index is 0.0301. The molecule has 5 aromatic heterocycles. The van der Waals surface area contributed by atoms with Crippen LogP contribution in [0.2, 0.25) is 0 Å². The number of aliphatic carboxylic acids is 1. The lowest BCUT2D eigenvalue weighted by atomic mass is 9.84. The van der Waals surface area contributed by atoms with Crippen LogP contribution in [0, 0.1) is 19.8 Å². The highest BCUT2D eigenvalue weighted by Crippen LogP contribution is 2.48. The van der Waals surface area contributed by atoms with Gasteiger partial charge < -0.3 is 25.1 Å². The molecule has 4 N–H and O–H groups in total. The van der Waals surface area contributed by atoms with Crippen molar-refractivity contribution >= 4 is 63.0 Å². The van der Waals surface area contributed by atoms with E-state index in [2.05, 4.69) is 44.4 Å². The smallest absolute Gasteiger partial charge is 0.352 e. The summed E-state index contributed by atoms with van der Waals surface area (Å²) in [6.45, 7) is 11.6. The first-order chi connectivity index (χ1) is 31.4. The normalized spacial score (nSPS) is 19.3. The van der Waals surface area contributed by atoms with E-state index in [1.165, 1.54) is 27.3 Å². The zero-order valence-electron chi connectivity index (χ0n) is 38.1. The number of ketones is 3. The highest BCUT2D eigenvalue weighted by atomic mass is 16.5. The van der Waals surface area contributed by atoms with Gasteiger partial charge in [-0.25, -0.2) is 14.2 Å². The molecule has 0 fully saturated rings. The quantitative estimate of drug-likeness (QED) is 0.0460. The molecule has 2 aliphatic heterocycles. The fraction of sp³-hybridized carbons (Fsp3) is 0.447. The number of imidazole rings is 1. The molecule has 7 heterocycles. The molecule has 19 heteroatoms. The number of hydrogen-bond acceptors (Lipinski definition) is 13. The van der Waals surface area contributed by atoms with Gasteiger partial charge in [-0.05, 0) is 75.8 Å². The fourth-order valence-electron chi connectivity index (χ4n) is 9.94. The number of amides is 1. The van der Waals surface area contributed by atoms with Gasteiger partial charge in [-0.3, -0.25) is 38.7 Å². The standard InChI is InChI=1S/C47H52N10O9/c1-9-26-20(2)28-18-33-37(24(6)58)22(4)30(50-33)16-29-21(3)27(41(51-29)39-40(45(64)66-8)43(61)38-23(5)31(52-42(38)39)17-32(26)49-28)12-13-36(60)48-14-10-11-25(44(62)63)15-35(59)34-19-57-46(53-34)54-55-56(7)47(57)65/h16-21,25-27,40,50,52H,9-15H2,1-8H3,(H,48,60)(H,62,63)/t20-,21+,25?,26-,27+,40?/m0/s1. The van der Waals surface area contributed by atoms with E-state index in [0.717, 1.165) is 32.5 Å². The molecule has 8 rings (SSSR count). The van der Waals surface area contributed by atoms with Gasteiger partial charge in [0.1, 0.15) is 11.6 Å². The monoisotopic (exact) mass is 900 g/mol. The van der Waals surface area contributed by atoms with Crippen LogP contribution in [0.3, 0.4) is 0 Å². The number of nitrogens with zero attached hydrogens (tertiary/aromatic N) is 7. The molecular weight excluding hydrogens is 849 g/mol. The van der Waals surface area contributed by atoms with Crippen molar-refractivity contribution in [3.05, 3.63) is 91.2 Å². The molecule has 344 valence electrons. The Morgan fingerprint density at radius 2 is 1.61 bits per heavy atom. The number of aryl methyl sites for hydroxylation is 3. The van der Waals surface area contributed by atoms with Crippen molar-refractivity contribution < 1.29 is 38.6 Å². The number of hydrogen-bond donors (Lipinski definition) is 4. The van der Waals surface area contributed by atoms with Crippen LogP contribution < -0.4 is 11.0 Å². The summed E-state index contributed by atoms with van der Waals surface area (Å²) < 4.78 is 7.27. The molecular formula is C47H52N10O9. The molecule has 0 saturated heterocycles. The lowest BCUT2D eigenvalue weighted by Crippen LogP contribution is -2.27. The minimum Gasteiger partial charge on any atom is -0.481 e. The number of Topliss-reactive ketones (excluding diaryl/α,β-unsaturated/α-hetero) is 3. The largest absolute Gasteiger partial charge is 0.481 e. The molecule has 8 bridgehead atoms. The van der Waals surface area contributed by atoms with Gasteiger partial charge >= 0.3 is 17.6 Å². The van der Waals surface area contributed by atoms with Crippen LogP contribution in [-0.2, 0) is 26.2 Å². The number of carbonyl (C=O) groups is 6. The van der Waals surface area contributed by atoms with E-state index in [0.29, 0.717) is 55.7 Å². The highest BCUT2D eigenvalue weighted by Gasteiger charge is 2.45. The van der Waals surface area contributed by atoms with Gasteiger partial charge in [0.15, 0.2) is 17.3 Å². The summed E-state index contributed by atoms with van der Waals surface area (Å²) in [4.78, 5) is 114. The third-order valence-electron chi connectivity index (χ3n) is 13.7. The maximum atomic E-state index is 14.4. The Balaban J connectivity index is 1.10. The number of carboxylic acids is 1. The molecule has 66 heavy (non-hydrogen) atoms. The first-order valence-corrected chi connectivity index (χ1v) is 22.2. The first-order valence-electron chi connectivity index (χ1n) is 22.2. The molecule has 2 unspecified atom stereocenters. The van der Waals surface area contributed by atoms with Gasteiger partial charge in [0.05, 0.1) is 29.8 Å².